The second kappa shape index (κ2) is 9.68. The van der Waals surface area contributed by atoms with Gasteiger partial charge in [0.2, 0.25) is 0 Å². The monoisotopic (exact) mass is 493 g/mol. The topological polar surface area (TPSA) is 43.1 Å². The van der Waals surface area contributed by atoms with Crippen molar-refractivity contribution in [2.24, 2.45) is 0 Å². The Bertz CT molecular complexity index is 941. The molecule has 0 fully saturated rings. The fraction of sp³-hybridized carbons (Fsp3) is 0. The van der Waals surface area contributed by atoms with Crippen LogP contribution in [0.15, 0.2) is 99.6 Å². The zero-order valence-electron chi connectivity index (χ0n) is 15.5. The first-order chi connectivity index (χ1) is 13.2. The van der Waals surface area contributed by atoms with Crippen LogP contribution in [0.3, 0.4) is 0 Å². The fourth-order valence-electron chi connectivity index (χ4n) is 2.35. The zero-order chi connectivity index (χ0) is 21.8. The van der Waals surface area contributed by atoms with Crippen molar-refractivity contribution in [1.82, 2.24) is 0 Å². The Morgan fingerprint density at radius 1 is 0.667 bits per heavy atom. The number of non-ortho nitro benzene ring substituents is 1. The third kappa shape index (κ3) is 10.9. The van der Waals surface area contributed by atoms with Gasteiger partial charge in [0.05, 0.1) is 4.92 Å². The van der Waals surface area contributed by atoms with Crippen LogP contribution in [-0.2, 0) is 0 Å². The van der Waals surface area contributed by atoms with Crippen molar-refractivity contribution in [3.8, 4) is 0 Å². The van der Waals surface area contributed by atoms with Crippen LogP contribution in [0.5, 0.6) is 0 Å². The molecule has 0 N–H and O–H groups in total. The van der Waals surface area contributed by atoms with Crippen molar-refractivity contribution in [3.63, 3.8) is 0 Å². The van der Waals surface area contributed by atoms with E-state index >= 15 is 0 Å². The Kier molecular flexibility index (Phi) is 8.74. The van der Waals surface area contributed by atoms with Crippen LogP contribution in [0, 0.1) is 10.1 Å². The minimum absolute atomic E-state index is 0. The molecule has 0 bridgehead atoms. The van der Waals surface area contributed by atoms with Crippen molar-refractivity contribution in [2.75, 3.05) is 0 Å². The predicted octanol–water partition coefficient (Wildman–Crippen LogP) is 5.46. The van der Waals surface area contributed by atoms with E-state index in [0.717, 1.165) is 4.90 Å². The van der Waals surface area contributed by atoms with Gasteiger partial charge in [0, 0.05) is 17.0 Å². The molecule has 3 aromatic carbocycles. The minimum Gasteiger partial charge on any atom is -0.258 e. The molecule has 0 heterocycles. The summed E-state index contributed by atoms with van der Waals surface area (Å²) < 4.78 is 59.2. The van der Waals surface area contributed by atoms with Gasteiger partial charge < -0.3 is 0 Å². The molecule has 12 heteroatoms. The van der Waals surface area contributed by atoms with E-state index in [2.05, 4.69) is 24.3 Å². The van der Waals surface area contributed by atoms with Gasteiger partial charge in [-0.25, -0.2) is 0 Å². The van der Waals surface area contributed by atoms with Crippen molar-refractivity contribution in [1.29, 1.82) is 0 Å². The van der Waals surface area contributed by atoms with Gasteiger partial charge >= 0.3 is 84.4 Å². The van der Waals surface area contributed by atoms with Crippen LogP contribution in [-0.4, -0.2) is 4.92 Å². The first-order valence-corrected chi connectivity index (χ1v) is 11.3. The van der Waals surface area contributed by atoms with Crippen molar-refractivity contribution < 1.29 is 81.5 Å². The number of nitrogens with zero attached hydrogens (tertiary/aromatic N) is 1. The van der Waals surface area contributed by atoms with E-state index in [1.807, 2.05) is 42.5 Å². The summed E-state index contributed by atoms with van der Waals surface area (Å²) in [6.07, 6.45) is 0. The van der Waals surface area contributed by atoms with Crippen LogP contribution in [0.2, 0.25) is 0 Å². The number of hydrogen-bond donors (Lipinski definition) is 1. The first-order valence-electron chi connectivity index (χ1n) is 7.92. The maximum absolute atomic E-state index is 11.1. The van der Waals surface area contributed by atoms with E-state index in [4.69, 9.17) is 0 Å². The third-order valence-corrected chi connectivity index (χ3v) is 5.75. The van der Waals surface area contributed by atoms with E-state index < -0.39 is 18.7 Å². The van der Waals surface area contributed by atoms with Gasteiger partial charge in [-0.3, -0.25) is 10.1 Å². The van der Waals surface area contributed by atoms with Gasteiger partial charge in [0.25, 0.3) is 5.69 Å². The van der Waals surface area contributed by atoms with E-state index in [0.29, 0.717) is 0 Å². The van der Waals surface area contributed by atoms with Gasteiger partial charge in [0.15, 0.2) is 0 Å². The first kappa shape index (κ1) is 27.1. The average molecular weight is 493 g/mol. The molecule has 3 rings (SSSR count). The molecule has 0 aromatic heterocycles. The average Bonchev–Trinajstić information content (AvgIpc) is 2.61. The summed E-state index contributed by atoms with van der Waals surface area (Å²) in [4.78, 5) is 14.1. The number of thiol groups is 1. The largest absolute Gasteiger partial charge is 1.00 e. The Morgan fingerprint density at radius 3 is 1.40 bits per heavy atom. The number of hydrogen-bond acceptors (Lipinski definition) is 2. The number of nitro groups is 1. The summed E-state index contributed by atoms with van der Waals surface area (Å²) in [7, 11) is -11.4. The van der Waals surface area contributed by atoms with Gasteiger partial charge in [-0.15, -0.1) is 0 Å². The second-order valence-corrected chi connectivity index (χ2v) is 9.88. The molecule has 30 heavy (non-hydrogen) atoms. The Morgan fingerprint density at radius 2 is 1.03 bits per heavy atom. The van der Waals surface area contributed by atoms with Crippen molar-refractivity contribution in [2.45, 2.75) is 14.7 Å². The van der Waals surface area contributed by atoms with Crippen LogP contribution in [0.4, 0.5) is 30.9 Å². The molecular weight excluding hydrogens is 478 g/mol. The molecule has 0 atom stereocenters. The van der Waals surface area contributed by atoms with Gasteiger partial charge in [-0.1, -0.05) is 42.5 Å². The number of nitro benzene ring substituents is 1. The number of benzene rings is 3. The maximum Gasteiger partial charge on any atom is 1.00 e. The Labute approximate surface area is 213 Å². The molecule has 0 unspecified atom stereocenters. The molecule has 0 amide bonds. The van der Waals surface area contributed by atoms with Crippen LogP contribution in [0.25, 0.3) is 0 Å². The minimum atomic E-state index is -10.7. The Hall–Kier alpha value is -0.944. The molecule has 158 valence electrons. The molecule has 0 saturated heterocycles. The smallest absolute Gasteiger partial charge is 0.258 e. The van der Waals surface area contributed by atoms with Crippen molar-refractivity contribution >= 4 is 24.4 Å². The standard InChI is InChI=1S/C18H15NO2S.F6P.K/c20-19(21)15-8-7-13-18(14-15)22(16-9-3-1-4-10-16)17-11-5-2-6-12-17;1-7(2,3,4,5)6;/h1-14,22H;;/q;-1;+1. The number of rotatable bonds is 4. The van der Waals surface area contributed by atoms with Crippen LogP contribution in [0.1, 0.15) is 0 Å². The summed E-state index contributed by atoms with van der Waals surface area (Å²) in [6.45, 7) is 0. The molecule has 0 aliphatic heterocycles. The fourth-order valence-corrected chi connectivity index (χ4v) is 4.68. The molecule has 0 saturated carbocycles. The quantitative estimate of drug-likeness (QED) is 0.131. The third-order valence-electron chi connectivity index (χ3n) is 3.33. The molecule has 0 aliphatic rings. The van der Waals surface area contributed by atoms with Gasteiger partial charge in [-0.2, -0.15) is 10.9 Å². The SMILES string of the molecule is F[P-](F)(F)(F)(F)F.O=[N+]([O-])c1cccc([SH](c2ccccc2)c2ccccc2)c1.[K+]. The van der Waals surface area contributed by atoms with Crippen molar-refractivity contribution in [3.05, 3.63) is 95.0 Å². The molecule has 0 radical (unpaired) electrons. The summed E-state index contributed by atoms with van der Waals surface area (Å²) in [5.74, 6) is 0. The predicted molar refractivity (Wildman–Crippen MR) is 103 cm³/mol. The second-order valence-electron chi connectivity index (χ2n) is 5.74. The number of halogens is 6. The van der Waals surface area contributed by atoms with E-state index in [-0.39, 0.29) is 62.0 Å². The van der Waals surface area contributed by atoms with Gasteiger partial charge in [0.1, 0.15) is 0 Å². The molecule has 0 spiro atoms. The molecule has 3 aromatic rings. The zero-order valence-corrected chi connectivity index (χ0v) is 20.4. The Balaban J connectivity index is 0.000000489. The molecule has 3 nitrogen and oxygen atoms in total. The summed E-state index contributed by atoms with van der Waals surface area (Å²) in [6, 6.07) is 27.3. The van der Waals surface area contributed by atoms with E-state index in [1.165, 1.54) is 15.9 Å². The van der Waals surface area contributed by atoms with E-state index in [1.54, 1.807) is 12.1 Å². The summed E-state index contributed by atoms with van der Waals surface area (Å²) in [5, 5.41) is 11.1. The van der Waals surface area contributed by atoms with Crippen LogP contribution >= 0.6 is 18.7 Å². The van der Waals surface area contributed by atoms with E-state index in [9.17, 15) is 35.3 Å². The molecule has 0 aliphatic carbocycles. The van der Waals surface area contributed by atoms with Gasteiger partial charge in [-0.05, 0) is 40.1 Å². The maximum atomic E-state index is 11.1. The summed E-state index contributed by atoms with van der Waals surface area (Å²) in [5.41, 5.74) is 0.136. The van der Waals surface area contributed by atoms with Crippen LogP contribution < -0.4 is 51.4 Å². The molecular formula is C18H15F6KNO2PS. The summed E-state index contributed by atoms with van der Waals surface area (Å²) >= 11 is 0. The normalized spacial score (nSPS) is 13.5.